The summed E-state index contributed by atoms with van der Waals surface area (Å²) >= 11 is 0. The number of methoxy groups -OCH3 is 1. The monoisotopic (exact) mass is 460 g/mol. The molecule has 34 heavy (non-hydrogen) atoms. The summed E-state index contributed by atoms with van der Waals surface area (Å²) in [6.45, 7) is 11.3. The molecule has 0 radical (unpaired) electrons. The van der Waals surface area contributed by atoms with Crippen LogP contribution in [0.15, 0.2) is 60.7 Å². The molecule has 0 spiro atoms. The zero-order chi connectivity index (χ0) is 24.7. The van der Waals surface area contributed by atoms with Crippen molar-refractivity contribution in [3.05, 3.63) is 99.9 Å². The third kappa shape index (κ3) is 4.46. The normalized spacial score (nSPS) is 16.9. The Morgan fingerprint density at radius 1 is 0.912 bits per heavy atom. The summed E-state index contributed by atoms with van der Waals surface area (Å²) in [5.41, 5.74) is 6.21. The van der Waals surface area contributed by atoms with Crippen LogP contribution in [0.4, 0.5) is 4.39 Å². The first-order valence-corrected chi connectivity index (χ1v) is 11.8. The lowest BCUT2D eigenvalue weighted by atomic mass is 9.62. The molecule has 3 nitrogen and oxygen atoms in total. The van der Waals surface area contributed by atoms with E-state index in [2.05, 4.69) is 46.8 Å². The average Bonchev–Trinajstić information content (AvgIpc) is 2.81. The van der Waals surface area contributed by atoms with Gasteiger partial charge < -0.3 is 9.47 Å². The van der Waals surface area contributed by atoms with Crippen molar-refractivity contribution in [3.8, 4) is 5.75 Å². The highest BCUT2D eigenvalue weighted by Gasteiger charge is 2.38. The summed E-state index contributed by atoms with van der Waals surface area (Å²) in [6.07, 6.45) is 1.70. The van der Waals surface area contributed by atoms with Gasteiger partial charge in [-0.25, -0.2) is 9.18 Å². The van der Waals surface area contributed by atoms with E-state index in [0.29, 0.717) is 5.56 Å². The third-order valence-corrected chi connectivity index (χ3v) is 7.24. The molecule has 178 valence electrons. The van der Waals surface area contributed by atoms with Gasteiger partial charge in [-0.1, -0.05) is 64.1 Å². The molecule has 0 amide bonds. The van der Waals surface area contributed by atoms with Crippen LogP contribution in [0.25, 0.3) is 0 Å². The molecule has 0 saturated carbocycles. The van der Waals surface area contributed by atoms with E-state index in [9.17, 15) is 9.18 Å². The predicted octanol–water partition coefficient (Wildman–Crippen LogP) is 7.44. The number of rotatable bonds is 5. The molecule has 4 heteroatoms. The molecule has 0 heterocycles. The molecule has 0 fully saturated rings. The van der Waals surface area contributed by atoms with E-state index in [4.69, 9.17) is 9.47 Å². The van der Waals surface area contributed by atoms with Gasteiger partial charge >= 0.3 is 5.97 Å². The minimum Gasteiger partial charge on any atom is -0.478 e. The van der Waals surface area contributed by atoms with E-state index in [-0.39, 0.29) is 16.6 Å². The predicted molar refractivity (Wildman–Crippen MR) is 133 cm³/mol. The van der Waals surface area contributed by atoms with E-state index in [0.717, 1.165) is 29.5 Å². The Morgan fingerprint density at radius 2 is 1.50 bits per heavy atom. The van der Waals surface area contributed by atoms with Crippen LogP contribution >= 0.6 is 0 Å². The summed E-state index contributed by atoms with van der Waals surface area (Å²) in [4.78, 5) is 11.9. The Labute approximate surface area is 201 Å². The molecular weight excluding hydrogens is 427 g/mol. The first-order valence-electron chi connectivity index (χ1n) is 11.8. The minimum absolute atomic E-state index is 0.0323. The van der Waals surface area contributed by atoms with Crippen molar-refractivity contribution in [2.24, 2.45) is 0 Å². The van der Waals surface area contributed by atoms with Crippen LogP contribution in [0.3, 0.4) is 0 Å². The Morgan fingerprint density at radius 3 is 2.09 bits per heavy atom. The molecule has 4 rings (SSSR count). The largest absolute Gasteiger partial charge is 0.478 e. The van der Waals surface area contributed by atoms with Gasteiger partial charge in [-0.05, 0) is 77.1 Å². The lowest BCUT2D eigenvalue weighted by Crippen LogP contribution is -2.34. The maximum Gasteiger partial charge on any atom is 0.337 e. The number of esters is 1. The molecule has 0 bridgehead atoms. The molecular formula is C30H33FO3. The van der Waals surface area contributed by atoms with Gasteiger partial charge in [-0.15, -0.1) is 0 Å². The molecule has 1 aliphatic carbocycles. The van der Waals surface area contributed by atoms with Crippen molar-refractivity contribution in [1.29, 1.82) is 0 Å². The van der Waals surface area contributed by atoms with Gasteiger partial charge in [0.2, 0.25) is 0 Å². The molecule has 1 atom stereocenters. The van der Waals surface area contributed by atoms with Crippen LogP contribution in [0.5, 0.6) is 5.75 Å². The van der Waals surface area contributed by atoms with Crippen molar-refractivity contribution in [2.75, 3.05) is 7.11 Å². The number of hydrogen-bond acceptors (Lipinski definition) is 3. The first kappa shape index (κ1) is 24.0. The number of para-hydroxylation sites is 1. The van der Waals surface area contributed by atoms with Gasteiger partial charge in [0.25, 0.3) is 0 Å². The number of halogens is 1. The second kappa shape index (κ2) is 8.90. The number of ether oxygens (including phenoxy) is 2. The van der Waals surface area contributed by atoms with E-state index in [1.165, 1.54) is 24.3 Å². The fourth-order valence-corrected chi connectivity index (χ4v) is 4.91. The number of benzene rings is 3. The third-order valence-electron chi connectivity index (χ3n) is 7.24. The Kier molecular flexibility index (Phi) is 6.28. The van der Waals surface area contributed by atoms with Gasteiger partial charge in [0, 0.05) is 5.56 Å². The highest BCUT2D eigenvalue weighted by Crippen LogP contribution is 2.47. The fourth-order valence-electron chi connectivity index (χ4n) is 4.91. The fraction of sp³-hybridized carbons (Fsp3) is 0.367. The molecule has 0 aromatic heterocycles. The van der Waals surface area contributed by atoms with Gasteiger partial charge in [-0.3, -0.25) is 0 Å². The van der Waals surface area contributed by atoms with E-state index >= 15 is 0 Å². The summed E-state index contributed by atoms with van der Waals surface area (Å²) in [7, 11) is 1.36. The highest BCUT2D eigenvalue weighted by molar-refractivity contribution is 5.89. The SMILES string of the molecule is COC(=O)c1ccc(C(Oc2ccccc2F)c2cc3c(cc2C)C(C)(C)CCC3(C)C)cc1. The summed E-state index contributed by atoms with van der Waals surface area (Å²) in [5, 5.41) is 0. The zero-order valence-electron chi connectivity index (χ0n) is 20.9. The number of fused-ring (bicyclic) bond motifs is 1. The van der Waals surface area contributed by atoms with Crippen LogP contribution in [-0.2, 0) is 15.6 Å². The molecule has 0 N–H and O–H groups in total. The maximum absolute atomic E-state index is 14.6. The average molecular weight is 461 g/mol. The Hall–Kier alpha value is -3.14. The zero-order valence-corrected chi connectivity index (χ0v) is 20.9. The lowest BCUT2D eigenvalue weighted by Gasteiger charge is -2.42. The number of carbonyl (C=O) groups is 1. The number of hydrogen-bond donors (Lipinski definition) is 0. The van der Waals surface area contributed by atoms with Gasteiger partial charge in [0.1, 0.15) is 6.10 Å². The topological polar surface area (TPSA) is 35.5 Å². The van der Waals surface area contributed by atoms with Crippen LogP contribution < -0.4 is 4.74 Å². The molecule has 0 aliphatic heterocycles. The molecule has 3 aromatic rings. The quantitative estimate of drug-likeness (QED) is 0.371. The number of aryl methyl sites for hydroxylation is 1. The van der Waals surface area contributed by atoms with E-state index < -0.39 is 17.9 Å². The van der Waals surface area contributed by atoms with Crippen molar-refractivity contribution < 1.29 is 18.7 Å². The molecule has 0 saturated heterocycles. The van der Waals surface area contributed by atoms with Crippen LogP contribution in [0, 0.1) is 12.7 Å². The lowest BCUT2D eigenvalue weighted by molar-refractivity contribution is 0.0600. The second-order valence-electron chi connectivity index (χ2n) is 10.6. The van der Waals surface area contributed by atoms with Gasteiger partial charge in [0.15, 0.2) is 11.6 Å². The second-order valence-corrected chi connectivity index (χ2v) is 10.6. The maximum atomic E-state index is 14.6. The Bertz CT molecular complexity index is 1210. The van der Waals surface area contributed by atoms with Crippen molar-refractivity contribution in [2.45, 2.75) is 64.4 Å². The summed E-state index contributed by atoms with van der Waals surface area (Å²) < 4.78 is 25.8. The van der Waals surface area contributed by atoms with Crippen LogP contribution in [0.1, 0.15) is 84.8 Å². The summed E-state index contributed by atoms with van der Waals surface area (Å²) in [6, 6.07) is 18.1. The number of carbonyl (C=O) groups excluding carboxylic acids is 1. The first-order chi connectivity index (χ1) is 16.0. The molecule has 1 unspecified atom stereocenters. The van der Waals surface area contributed by atoms with Gasteiger partial charge in [0.05, 0.1) is 12.7 Å². The molecule has 1 aliphatic rings. The summed E-state index contributed by atoms with van der Waals surface area (Å²) in [5.74, 6) is -0.607. The highest BCUT2D eigenvalue weighted by atomic mass is 19.1. The van der Waals surface area contributed by atoms with Crippen LogP contribution in [-0.4, -0.2) is 13.1 Å². The van der Waals surface area contributed by atoms with E-state index in [1.54, 1.807) is 30.3 Å². The Balaban J connectivity index is 1.87. The molecule has 3 aromatic carbocycles. The minimum atomic E-state index is -0.533. The van der Waals surface area contributed by atoms with Crippen molar-refractivity contribution >= 4 is 5.97 Å². The van der Waals surface area contributed by atoms with Crippen molar-refractivity contribution in [3.63, 3.8) is 0 Å². The van der Waals surface area contributed by atoms with Gasteiger partial charge in [-0.2, -0.15) is 0 Å². The van der Waals surface area contributed by atoms with E-state index in [1.807, 2.05) is 12.1 Å². The van der Waals surface area contributed by atoms with Crippen LogP contribution in [0.2, 0.25) is 0 Å². The van der Waals surface area contributed by atoms with Crippen molar-refractivity contribution in [1.82, 2.24) is 0 Å². The smallest absolute Gasteiger partial charge is 0.337 e. The standard InChI is InChI=1S/C30H33FO3/c1-19-17-23-24(30(4,5)16-15-29(23,2)3)18-22(19)27(34-26-10-8-7-9-25(26)31)20-11-13-21(14-12-20)28(32)33-6/h7-14,17-18,27H,15-16H2,1-6H3.